The van der Waals surface area contributed by atoms with Gasteiger partial charge in [0.1, 0.15) is 0 Å². The molecule has 0 aromatic heterocycles. The zero-order chi connectivity index (χ0) is 4.83. The Morgan fingerprint density at radius 1 is 1.67 bits per heavy atom. The van der Waals surface area contributed by atoms with Gasteiger partial charge in [-0.3, -0.25) is 0 Å². The van der Waals surface area contributed by atoms with Crippen LogP contribution in [0, 0.1) is 0 Å². The normalized spacial score (nSPS) is 8.67. The van der Waals surface area contributed by atoms with Crippen molar-refractivity contribution in [3.8, 4) is 0 Å². The Morgan fingerprint density at radius 3 is 2.50 bits per heavy atom. The van der Waals surface area contributed by atoms with Crippen LogP contribution in [0.1, 0.15) is 19.8 Å². The van der Waals surface area contributed by atoms with Gasteiger partial charge in [-0.05, 0) is 0 Å². The molecule has 0 spiro atoms. The van der Waals surface area contributed by atoms with Crippen LogP contribution in [0.15, 0.2) is 0 Å². The van der Waals surface area contributed by atoms with Gasteiger partial charge in [0.2, 0.25) is 0 Å². The summed E-state index contributed by atoms with van der Waals surface area (Å²) in [5.41, 5.74) is 0. The fourth-order valence-corrected chi connectivity index (χ4v) is 0.565. The molecule has 0 atom stereocenters. The summed E-state index contributed by atoms with van der Waals surface area (Å²) in [5, 5.41) is 0. The molecule has 2 heteroatoms. The maximum absolute atomic E-state index is 4.91. The minimum atomic E-state index is 0.969. The van der Waals surface area contributed by atoms with E-state index in [1.807, 2.05) is 0 Å². The van der Waals surface area contributed by atoms with Crippen molar-refractivity contribution in [3.63, 3.8) is 0 Å². The molecule has 1 nitrogen and oxygen atoms in total. The second kappa shape index (κ2) is 6.22. The molecule has 0 aliphatic carbocycles. The molecule has 0 N–H and O–H groups in total. The first-order valence-corrected chi connectivity index (χ1v) is 3.19. The van der Waals surface area contributed by atoms with Crippen LogP contribution in [0.2, 0.25) is 0 Å². The van der Waals surface area contributed by atoms with Crippen molar-refractivity contribution in [1.29, 1.82) is 0 Å². The van der Waals surface area contributed by atoms with Gasteiger partial charge in [0.05, 0.1) is 0 Å². The molecule has 0 saturated carbocycles. The zero-order valence-corrected chi connectivity index (χ0v) is 6.45. The molecule has 0 aromatic carbocycles. The Kier molecular flexibility index (Phi) is 7.48. The third kappa shape index (κ3) is 5.22. The SMILES string of the molecule is CCCC[O][Ca]. The third-order valence-electron chi connectivity index (χ3n) is 0.642. The average molecular weight is 113 g/mol. The fourth-order valence-electron chi connectivity index (χ4n) is 0.246. The van der Waals surface area contributed by atoms with E-state index in [4.69, 9.17) is 1.44 Å². The molecule has 0 saturated heterocycles. The van der Waals surface area contributed by atoms with E-state index in [1.165, 1.54) is 12.8 Å². The standard InChI is InChI=1S/C4H9O.Ca/c1-2-3-4-5;/h2-4H2,1H3;/q-1;+1. The minimum absolute atomic E-state index is 0.969. The summed E-state index contributed by atoms with van der Waals surface area (Å²) >= 11 is 0.986. The van der Waals surface area contributed by atoms with Gasteiger partial charge in [0.25, 0.3) is 0 Å². The van der Waals surface area contributed by atoms with E-state index >= 15 is 0 Å². The molecular weight excluding hydrogens is 104 g/mol. The van der Waals surface area contributed by atoms with Gasteiger partial charge in [-0.2, -0.15) is 0 Å². The van der Waals surface area contributed by atoms with Crippen LogP contribution in [0.3, 0.4) is 0 Å². The Hall–Kier alpha value is 1.22. The van der Waals surface area contributed by atoms with Crippen LogP contribution in [-0.2, 0) is 1.44 Å². The molecule has 33 valence electrons. The predicted octanol–water partition coefficient (Wildman–Crippen LogP) is 0.887. The second-order valence-electron chi connectivity index (χ2n) is 1.26. The molecule has 6 heavy (non-hydrogen) atoms. The molecule has 0 aliphatic heterocycles. The van der Waals surface area contributed by atoms with Gasteiger partial charge >= 0.3 is 64.2 Å². The van der Waals surface area contributed by atoms with Gasteiger partial charge < -0.3 is 0 Å². The molecule has 0 fully saturated rings. The molecular formula is C4H9CaO. The van der Waals surface area contributed by atoms with E-state index in [9.17, 15) is 0 Å². The average Bonchev–Trinajstić information content (AvgIpc) is 1.61. The van der Waals surface area contributed by atoms with E-state index in [0.29, 0.717) is 0 Å². The third-order valence-corrected chi connectivity index (χ3v) is 1.09. The summed E-state index contributed by atoms with van der Waals surface area (Å²) in [4.78, 5) is 0. The number of hydrogen-bond acceptors (Lipinski definition) is 1. The summed E-state index contributed by atoms with van der Waals surface area (Å²) < 4.78 is 4.91. The van der Waals surface area contributed by atoms with Crippen molar-refractivity contribution < 1.29 is 1.44 Å². The second-order valence-corrected chi connectivity index (χ2v) is 1.90. The van der Waals surface area contributed by atoms with Crippen molar-refractivity contribution in [3.05, 3.63) is 0 Å². The van der Waals surface area contributed by atoms with E-state index in [1.54, 1.807) is 0 Å². The van der Waals surface area contributed by atoms with E-state index in [-0.39, 0.29) is 0 Å². The van der Waals surface area contributed by atoms with Gasteiger partial charge in [-0.25, -0.2) is 0 Å². The van der Waals surface area contributed by atoms with E-state index < -0.39 is 0 Å². The summed E-state index contributed by atoms with van der Waals surface area (Å²) in [6, 6.07) is 0. The molecule has 0 bridgehead atoms. The van der Waals surface area contributed by atoms with E-state index in [0.717, 1.165) is 43.0 Å². The van der Waals surface area contributed by atoms with Crippen LogP contribution in [0.4, 0.5) is 0 Å². The Balaban J connectivity index is 2.34. The van der Waals surface area contributed by atoms with Crippen molar-refractivity contribution in [2.24, 2.45) is 0 Å². The number of unbranched alkanes of at least 4 members (excludes halogenated alkanes) is 1. The Bertz CT molecular complexity index is 19.5. The van der Waals surface area contributed by atoms with Crippen LogP contribution in [0.5, 0.6) is 0 Å². The summed E-state index contributed by atoms with van der Waals surface area (Å²) in [7, 11) is 0. The van der Waals surface area contributed by atoms with Crippen LogP contribution >= 0.6 is 0 Å². The molecule has 0 aliphatic rings. The number of rotatable bonds is 3. The summed E-state index contributed by atoms with van der Waals surface area (Å²) in [6.07, 6.45) is 2.47. The zero-order valence-electron chi connectivity index (χ0n) is 4.24. The summed E-state index contributed by atoms with van der Waals surface area (Å²) in [5.74, 6) is 0. The van der Waals surface area contributed by atoms with E-state index in [2.05, 4.69) is 6.92 Å². The van der Waals surface area contributed by atoms with Crippen molar-refractivity contribution in [1.82, 2.24) is 0 Å². The monoisotopic (exact) mass is 113 g/mol. The van der Waals surface area contributed by atoms with Crippen molar-refractivity contribution in [2.75, 3.05) is 6.61 Å². The topological polar surface area (TPSA) is 9.23 Å². The quantitative estimate of drug-likeness (QED) is 0.390. The Labute approximate surface area is 63.7 Å². The van der Waals surface area contributed by atoms with Crippen LogP contribution < -0.4 is 0 Å². The van der Waals surface area contributed by atoms with Crippen molar-refractivity contribution in [2.45, 2.75) is 19.8 Å². The maximum atomic E-state index is 4.91. The summed E-state index contributed by atoms with van der Waals surface area (Å²) in [6.45, 7) is 3.13. The molecule has 0 unspecified atom stereocenters. The van der Waals surface area contributed by atoms with Crippen LogP contribution in [-0.4, -0.2) is 43.0 Å². The Morgan fingerprint density at radius 2 is 2.33 bits per heavy atom. The molecule has 0 aromatic rings. The van der Waals surface area contributed by atoms with Gasteiger partial charge in [0, 0.05) is 0 Å². The van der Waals surface area contributed by atoms with Gasteiger partial charge in [-0.1, -0.05) is 0 Å². The van der Waals surface area contributed by atoms with Crippen molar-refractivity contribution >= 4 is 36.3 Å². The molecule has 1 radical (unpaired) electrons. The first-order valence-electron chi connectivity index (χ1n) is 2.28. The van der Waals surface area contributed by atoms with Crippen LogP contribution in [0.25, 0.3) is 0 Å². The molecule has 0 amide bonds. The molecule has 0 heterocycles. The molecule has 0 rings (SSSR count). The first-order chi connectivity index (χ1) is 2.91. The fraction of sp³-hybridized carbons (Fsp3) is 1.00. The van der Waals surface area contributed by atoms with Gasteiger partial charge in [0.15, 0.2) is 0 Å². The first kappa shape index (κ1) is 7.22. The van der Waals surface area contributed by atoms with Gasteiger partial charge in [-0.15, -0.1) is 0 Å². The number of hydrogen-bond donors (Lipinski definition) is 0. The predicted molar refractivity (Wildman–Crippen MR) is 26.6 cm³/mol.